The summed E-state index contributed by atoms with van der Waals surface area (Å²) in [5, 5.41) is 9.44. The third-order valence-electron chi connectivity index (χ3n) is 3.47. The molecule has 0 atom stereocenters. The first kappa shape index (κ1) is 14.2. The van der Waals surface area contributed by atoms with Gasteiger partial charge in [0.15, 0.2) is 0 Å². The van der Waals surface area contributed by atoms with Crippen LogP contribution in [0.15, 0.2) is 18.2 Å². The Balaban J connectivity index is 3.38. The molecule has 1 rings (SSSR count). The third kappa shape index (κ3) is 2.53. The molecule has 0 N–H and O–H groups in total. The van der Waals surface area contributed by atoms with Crippen molar-refractivity contribution in [2.24, 2.45) is 0 Å². The summed E-state index contributed by atoms with van der Waals surface area (Å²) in [5.41, 5.74) is 1.85. The predicted molar refractivity (Wildman–Crippen MR) is 70.4 cm³/mol. The van der Waals surface area contributed by atoms with Crippen LogP contribution in [0, 0.1) is 18.3 Å². The zero-order chi connectivity index (χ0) is 13.8. The Morgan fingerprint density at radius 3 is 2.39 bits per heavy atom. The highest BCUT2D eigenvalue weighted by atomic mass is 16.5. The molecule has 0 aliphatic heterocycles. The van der Waals surface area contributed by atoms with E-state index in [4.69, 9.17) is 4.74 Å². The lowest BCUT2D eigenvalue weighted by molar-refractivity contribution is 0.0600. The third-order valence-corrected chi connectivity index (χ3v) is 3.47. The average molecular weight is 245 g/mol. The molecular formula is C15H19NO2. The quantitative estimate of drug-likeness (QED) is 0.764. The summed E-state index contributed by atoms with van der Waals surface area (Å²) < 4.78 is 4.74. The fourth-order valence-electron chi connectivity index (χ4n) is 2.18. The minimum absolute atomic E-state index is 0.362. The fourth-order valence-corrected chi connectivity index (χ4v) is 2.18. The second-order valence-electron chi connectivity index (χ2n) is 4.48. The van der Waals surface area contributed by atoms with Gasteiger partial charge in [0, 0.05) is 0 Å². The van der Waals surface area contributed by atoms with Gasteiger partial charge in [0.05, 0.1) is 24.2 Å². The first-order valence-corrected chi connectivity index (χ1v) is 6.14. The minimum Gasteiger partial charge on any atom is -0.465 e. The Bertz CT molecular complexity index is 482. The van der Waals surface area contributed by atoms with E-state index in [1.54, 1.807) is 12.1 Å². The van der Waals surface area contributed by atoms with Crippen LogP contribution in [-0.2, 0) is 10.2 Å². The van der Waals surface area contributed by atoms with Crippen molar-refractivity contribution in [3.8, 4) is 6.07 Å². The smallest absolute Gasteiger partial charge is 0.337 e. The van der Waals surface area contributed by atoms with E-state index in [0.717, 1.165) is 24.0 Å². The second kappa shape index (κ2) is 5.68. The van der Waals surface area contributed by atoms with E-state index in [1.165, 1.54) is 7.11 Å². The average Bonchev–Trinajstić information content (AvgIpc) is 2.40. The van der Waals surface area contributed by atoms with Gasteiger partial charge in [0.2, 0.25) is 0 Å². The van der Waals surface area contributed by atoms with Gasteiger partial charge in [0.25, 0.3) is 0 Å². The molecule has 0 amide bonds. The van der Waals surface area contributed by atoms with Crippen molar-refractivity contribution in [2.75, 3.05) is 7.11 Å². The SMILES string of the molecule is CCC(C#N)(CC)c1cc(C)cc(C(=O)OC)c1. The molecule has 18 heavy (non-hydrogen) atoms. The Morgan fingerprint density at radius 2 is 1.94 bits per heavy atom. The molecule has 0 heterocycles. The maximum Gasteiger partial charge on any atom is 0.337 e. The van der Waals surface area contributed by atoms with Crippen molar-refractivity contribution in [3.05, 3.63) is 34.9 Å². The first-order chi connectivity index (χ1) is 8.52. The van der Waals surface area contributed by atoms with Crippen LogP contribution in [0.2, 0.25) is 0 Å². The zero-order valence-electron chi connectivity index (χ0n) is 11.4. The molecule has 1 aromatic carbocycles. The zero-order valence-corrected chi connectivity index (χ0v) is 11.4. The number of ether oxygens (including phenoxy) is 1. The van der Waals surface area contributed by atoms with Crippen LogP contribution >= 0.6 is 0 Å². The summed E-state index contributed by atoms with van der Waals surface area (Å²) >= 11 is 0. The Labute approximate surface area is 108 Å². The van der Waals surface area contributed by atoms with E-state index in [2.05, 4.69) is 6.07 Å². The lowest BCUT2D eigenvalue weighted by Gasteiger charge is -2.24. The molecule has 0 aliphatic carbocycles. The molecule has 3 heteroatoms. The maximum atomic E-state index is 11.6. The standard InChI is InChI=1S/C15H19NO2/c1-5-15(6-2,10-16)13-8-11(3)7-12(9-13)14(17)18-4/h7-9H,5-6H2,1-4H3. The van der Waals surface area contributed by atoms with E-state index in [0.29, 0.717) is 5.56 Å². The number of hydrogen-bond acceptors (Lipinski definition) is 3. The van der Waals surface area contributed by atoms with Crippen LogP contribution < -0.4 is 0 Å². The molecule has 0 fully saturated rings. The van der Waals surface area contributed by atoms with E-state index in [9.17, 15) is 10.1 Å². The van der Waals surface area contributed by atoms with E-state index in [-0.39, 0.29) is 5.97 Å². The summed E-state index contributed by atoms with van der Waals surface area (Å²) in [6.07, 6.45) is 1.45. The number of carbonyl (C=O) groups is 1. The molecule has 0 spiro atoms. The monoisotopic (exact) mass is 245 g/mol. The molecule has 0 saturated heterocycles. The normalized spacial score (nSPS) is 10.8. The Morgan fingerprint density at radius 1 is 1.33 bits per heavy atom. The molecule has 0 bridgehead atoms. The number of esters is 1. The number of nitriles is 1. The molecular weight excluding hydrogens is 226 g/mol. The van der Waals surface area contributed by atoms with Crippen LogP contribution in [0.4, 0.5) is 0 Å². The molecule has 3 nitrogen and oxygen atoms in total. The van der Waals surface area contributed by atoms with Crippen molar-refractivity contribution in [3.63, 3.8) is 0 Å². The van der Waals surface area contributed by atoms with Gasteiger partial charge < -0.3 is 4.74 Å². The second-order valence-corrected chi connectivity index (χ2v) is 4.48. The van der Waals surface area contributed by atoms with Crippen LogP contribution in [-0.4, -0.2) is 13.1 Å². The van der Waals surface area contributed by atoms with Gasteiger partial charge in [-0.1, -0.05) is 19.9 Å². The molecule has 96 valence electrons. The number of methoxy groups -OCH3 is 1. The van der Waals surface area contributed by atoms with Crippen LogP contribution in [0.25, 0.3) is 0 Å². The molecule has 1 aromatic rings. The summed E-state index contributed by atoms with van der Waals surface area (Å²) in [6.45, 7) is 5.91. The molecule has 0 unspecified atom stereocenters. The highest BCUT2D eigenvalue weighted by molar-refractivity contribution is 5.89. The summed E-state index contributed by atoms with van der Waals surface area (Å²) in [4.78, 5) is 11.6. The van der Waals surface area contributed by atoms with Gasteiger partial charge >= 0.3 is 5.97 Å². The van der Waals surface area contributed by atoms with Gasteiger partial charge in [-0.25, -0.2) is 4.79 Å². The lowest BCUT2D eigenvalue weighted by atomic mass is 9.76. The van der Waals surface area contributed by atoms with E-state index in [1.807, 2.05) is 26.8 Å². The summed E-state index contributed by atoms with van der Waals surface area (Å²) in [5.74, 6) is -0.362. The van der Waals surface area contributed by atoms with Gasteiger partial charge in [-0.2, -0.15) is 5.26 Å². The first-order valence-electron chi connectivity index (χ1n) is 6.14. The highest BCUT2D eigenvalue weighted by Gasteiger charge is 2.29. The lowest BCUT2D eigenvalue weighted by Crippen LogP contribution is -2.22. The molecule has 0 radical (unpaired) electrons. The van der Waals surface area contributed by atoms with Gasteiger partial charge in [0.1, 0.15) is 0 Å². The molecule has 0 aliphatic rings. The van der Waals surface area contributed by atoms with Gasteiger partial charge in [-0.3, -0.25) is 0 Å². The fraction of sp³-hybridized carbons (Fsp3) is 0.467. The highest BCUT2D eigenvalue weighted by Crippen LogP contribution is 2.32. The number of hydrogen-bond donors (Lipinski definition) is 0. The maximum absolute atomic E-state index is 11.6. The summed E-state index contributed by atoms with van der Waals surface area (Å²) in [7, 11) is 1.36. The van der Waals surface area contributed by atoms with Gasteiger partial charge in [-0.05, 0) is 43.0 Å². The van der Waals surface area contributed by atoms with Crippen molar-refractivity contribution in [1.82, 2.24) is 0 Å². The topological polar surface area (TPSA) is 50.1 Å². The predicted octanol–water partition coefficient (Wildman–Crippen LogP) is 3.36. The molecule has 0 saturated carbocycles. The van der Waals surface area contributed by atoms with Crippen LogP contribution in [0.3, 0.4) is 0 Å². The number of rotatable bonds is 4. The number of aryl methyl sites for hydroxylation is 1. The number of carbonyl (C=O) groups excluding carboxylic acids is 1. The number of nitrogens with zero attached hydrogens (tertiary/aromatic N) is 1. The largest absolute Gasteiger partial charge is 0.465 e. The Hall–Kier alpha value is -1.82. The van der Waals surface area contributed by atoms with E-state index < -0.39 is 5.41 Å². The van der Waals surface area contributed by atoms with Crippen molar-refractivity contribution < 1.29 is 9.53 Å². The molecule has 0 aromatic heterocycles. The van der Waals surface area contributed by atoms with Crippen LogP contribution in [0.1, 0.15) is 48.2 Å². The summed E-state index contributed by atoms with van der Waals surface area (Å²) in [6, 6.07) is 7.92. The Kier molecular flexibility index (Phi) is 4.49. The van der Waals surface area contributed by atoms with E-state index >= 15 is 0 Å². The van der Waals surface area contributed by atoms with Crippen molar-refractivity contribution >= 4 is 5.97 Å². The van der Waals surface area contributed by atoms with Crippen LogP contribution in [0.5, 0.6) is 0 Å². The van der Waals surface area contributed by atoms with Gasteiger partial charge in [-0.15, -0.1) is 0 Å². The van der Waals surface area contributed by atoms with Crippen molar-refractivity contribution in [1.29, 1.82) is 5.26 Å². The number of benzene rings is 1. The minimum atomic E-state index is -0.519. The van der Waals surface area contributed by atoms with Crippen molar-refractivity contribution in [2.45, 2.75) is 39.0 Å².